The first-order valence-corrected chi connectivity index (χ1v) is 10.9. The van der Waals surface area contributed by atoms with E-state index in [0.29, 0.717) is 47.3 Å². The van der Waals surface area contributed by atoms with Crippen LogP contribution in [0, 0.1) is 11.3 Å². The zero-order valence-electron chi connectivity index (χ0n) is 19.4. The van der Waals surface area contributed by atoms with E-state index >= 15 is 0 Å². The van der Waals surface area contributed by atoms with Crippen LogP contribution in [0.5, 0.6) is 34.5 Å². The van der Waals surface area contributed by atoms with E-state index in [2.05, 4.69) is 0 Å². The van der Waals surface area contributed by atoms with Crippen molar-refractivity contribution in [1.29, 1.82) is 0 Å². The van der Waals surface area contributed by atoms with Crippen LogP contribution in [0.1, 0.15) is 43.7 Å². The third kappa shape index (κ3) is 3.35. The van der Waals surface area contributed by atoms with Gasteiger partial charge < -0.3 is 33.5 Å². The molecule has 0 spiro atoms. The fourth-order valence-electron chi connectivity index (χ4n) is 5.53. The molecule has 0 aromatic heterocycles. The van der Waals surface area contributed by atoms with Gasteiger partial charge in [-0.05, 0) is 29.2 Å². The number of benzene rings is 2. The molecule has 1 fully saturated rings. The van der Waals surface area contributed by atoms with Crippen LogP contribution in [-0.2, 0) is 4.79 Å². The Labute approximate surface area is 192 Å². The number of carbonyl (C=O) groups excluding carboxylic acids is 1. The van der Waals surface area contributed by atoms with Crippen molar-refractivity contribution in [1.82, 2.24) is 0 Å². The number of fused-ring (bicyclic) bond motifs is 3. The lowest BCUT2D eigenvalue weighted by Gasteiger charge is -2.51. The van der Waals surface area contributed by atoms with Gasteiger partial charge in [0, 0.05) is 30.4 Å². The average Bonchev–Trinajstić information content (AvgIpc) is 3.21. The zero-order valence-corrected chi connectivity index (χ0v) is 19.4. The molecule has 3 unspecified atom stereocenters. The Morgan fingerprint density at radius 3 is 2.18 bits per heavy atom. The molecule has 8 nitrogen and oxygen atoms in total. The van der Waals surface area contributed by atoms with E-state index in [0.717, 1.165) is 11.1 Å². The summed E-state index contributed by atoms with van der Waals surface area (Å²) >= 11 is 0. The lowest BCUT2D eigenvalue weighted by molar-refractivity contribution is -0.222. The Kier molecular flexibility index (Phi) is 4.90. The molecule has 3 atom stereocenters. The Bertz CT molecular complexity index is 1100. The third-order valence-electron chi connectivity index (χ3n) is 6.72. The van der Waals surface area contributed by atoms with Crippen LogP contribution in [0.15, 0.2) is 24.3 Å². The monoisotopic (exact) mass is 456 g/mol. The van der Waals surface area contributed by atoms with Crippen LogP contribution in [0.2, 0.25) is 0 Å². The van der Waals surface area contributed by atoms with Gasteiger partial charge in [0.25, 0.3) is 0 Å². The predicted octanol–water partition coefficient (Wildman–Crippen LogP) is 3.66. The van der Waals surface area contributed by atoms with E-state index in [4.69, 9.17) is 28.4 Å². The molecule has 0 radical (unpaired) electrons. The standard InChI is InChI=1S/C25H28O8/c1-24(2)10-15(26)22-21(13-6-19(28-3)23(30-5)20(7-13)29-4)14-8-17-18(32-12-31-17)9-16(14)33-25(22,27)11-24/h6-9,21-22,27H,10-12H2,1-5H3. The Morgan fingerprint density at radius 2 is 1.58 bits per heavy atom. The maximum atomic E-state index is 13.5. The quantitative estimate of drug-likeness (QED) is 0.745. The van der Waals surface area contributed by atoms with E-state index in [1.807, 2.05) is 32.0 Å². The minimum atomic E-state index is -1.68. The first-order valence-electron chi connectivity index (χ1n) is 10.9. The van der Waals surface area contributed by atoms with Crippen molar-refractivity contribution in [2.45, 2.75) is 38.4 Å². The number of ether oxygens (including phenoxy) is 6. The summed E-state index contributed by atoms with van der Waals surface area (Å²) in [5.74, 6) is -0.118. The molecule has 0 bridgehead atoms. The zero-order chi connectivity index (χ0) is 23.5. The van der Waals surface area contributed by atoms with Crippen molar-refractivity contribution in [3.63, 3.8) is 0 Å². The van der Waals surface area contributed by atoms with Gasteiger partial charge >= 0.3 is 0 Å². The highest BCUT2D eigenvalue weighted by Gasteiger charge is 2.59. The highest BCUT2D eigenvalue weighted by atomic mass is 16.7. The van der Waals surface area contributed by atoms with Crippen LogP contribution in [-0.4, -0.2) is 44.8 Å². The van der Waals surface area contributed by atoms with Crippen LogP contribution in [0.25, 0.3) is 0 Å². The molecule has 0 saturated heterocycles. The van der Waals surface area contributed by atoms with E-state index < -0.39 is 23.0 Å². The first kappa shape index (κ1) is 21.7. The molecule has 8 heteroatoms. The van der Waals surface area contributed by atoms with Gasteiger partial charge in [-0.25, -0.2) is 0 Å². The lowest BCUT2D eigenvalue weighted by Crippen LogP contribution is -2.58. The summed E-state index contributed by atoms with van der Waals surface area (Å²) in [6.07, 6.45) is 0.648. The van der Waals surface area contributed by atoms with Gasteiger partial charge in [-0.3, -0.25) is 4.79 Å². The molecule has 3 aliphatic rings. The number of hydrogen-bond donors (Lipinski definition) is 1. The molecule has 2 aromatic rings. The smallest absolute Gasteiger partial charge is 0.231 e. The summed E-state index contributed by atoms with van der Waals surface area (Å²) in [4.78, 5) is 13.5. The number of hydrogen-bond acceptors (Lipinski definition) is 8. The topological polar surface area (TPSA) is 92.7 Å². The minimum Gasteiger partial charge on any atom is -0.493 e. The van der Waals surface area contributed by atoms with Crippen molar-refractivity contribution < 1.29 is 38.3 Å². The van der Waals surface area contributed by atoms with Crippen LogP contribution >= 0.6 is 0 Å². The summed E-state index contributed by atoms with van der Waals surface area (Å²) < 4.78 is 33.9. The maximum absolute atomic E-state index is 13.5. The summed E-state index contributed by atoms with van der Waals surface area (Å²) in [6.45, 7) is 4.03. The Morgan fingerprint density at radius 1 is 0.939 bits per heavy atom. The van der Waals surface area contributed by atoms with Crippen LogP contribution in [0.3, 0.4) is 0 Å². The first-order chi connectivity index (χ1) is 15.7. The molecule has 176 valence electrons. The fraction of sp³-hybridized carbons (Fsp3) is 0.480. The van der Waals surface area contributed by atoms with Crippen molar-refractivity contribution >= 4 is 5.78 Å². The largest absolute Gasteiger partial charge is 0.493 e. The van der Waals surface area contributed by atoms with Crippen molar-refractivity contribution in [2.75, 3.05) is 28.1 Å². The summed E-state index contributed by atoms with van der Waals surface area (Å²) in [5.41, 5.74) is 1.07. The molecule has 33 heavy (non-hydrogen) atoms. The van der Waals surface area contributed by atoms with E-state index in [-0.39, 0.29) is 12.6 Å². The fourth-order valence-corrected chi connectivity index (χ4v) is 5.53. The highest BCUT2D eigenvalue weighted by molar-refractivity contribution is 5.86. The van der Waals surface area contributed by atoms with Crippen LogP contribution in [0.4, 0.5) is 0 Å². The highest BCUT2D eigenvalue weighted by Crippen LogP contribution is 2.58. The normalized spacial score (nSPS) is 26.7. The van der Waals surface area contributed by atoms with Gasteiger partial charge in [-0.1, -0.05) is 13.8 Å². The van der Waals surface area contributed by atoms with Gasteiger partial charge in [-0.15, -0.1) is 0 Å². The second-order valence-corrected chi connectivity index (χ2v) is 9.59. The van der Waals surface area contributed by atoms with E-state index in [1.165, 1.54) is 7.11 Å². The average molecular weight is 456 g/mol. The molecular weight excluding hydrogens is 428 g/mol. The molecule has 5 rings (SSSR count). The number of methoxy groups -OCH3 is 3. The number of ketones is 1. The lowest BCUT2D eigenvalue weighted by atomic mass is 9.61. The Hall–Kier alpha value is -3.13. The number of rotatable bonds is 4. The number of aliphatic hydroxyl groups is 1. The molecule has 2 heterocycles. The summed E-state index contributed by atoms with van der Waals surface area (Å²) in [6, 6.07) is 7.19. The second-order valence-electron chi connectivity index (χ2n) is 9.59. The summed E-state index contributed by atoms with van der Waals surface area (Å²) in [7, 11) is 4.62. The van der Waals surface area contributed by atoms with Gasteiger partial charge in [-0.2, -0.15) is 0 Å². The summed E-state index contributed by atoms with van der Waals surface area (Å²) in [5, 5.41) is 11.8. The van der Waals surface area contributed by atoms with E-state index in [1.54, 1.807) is 20.3 Å². The molecule has 2 aliphatic heterocycles. The van der Waals surface area contributed by atoms with Gasteiger partial charge in [0.2, 0.25) is 18.3 Å². The van der Waals surface area contributed by atoms with Gasteiger partial charge in [0.15, 0.2) is 23.0 Å². The second kappa shape index (κ2) is 7.45. The molecule has 1 aliphatic carbocycles. The molecule has 1 N–H and O–H groups in total. The van der Waals surface area contributed by atoms with Gasteiger partial charge in [0.05, 0.1) is 27.2 Å². The van der Waals surface area contributed by atoms with Crippen molar-refractivity contribution in [3.05, 3.63) is 35.4 Å². The number of carbonyl (C=O) groups is 1. The minimum absolute atomic E-state index is 0.0594. The van der Waals surface area contributed by atoms with Crippen LogP contribution < -0.4 is 28.4 Å². The van der Waals surface area contributed by atoms with Gasteiger partial charge in [0.1, 0.15) is 11.5 Å². The molecular formula is C25H28O8. The number of Topliss-reactive ketones (excluding diaryl/α,β-unsaturated/α-hetero) is 1. The molecule has 1 saturated carbocycles. The van der Waals surface area contributed by atoms with E-state index in [9.17, 15) is 9.90 Å². The molecule has 0 amide bonds. The predicted molar refractivity (Wildman–Crippen MR) is 118 cm³/mol. The maximum Gasteiger partial charge on any atom is 0.231 e. The third-order valence-corrected chi connectivity index (χ3v) is 6.72. The van der Waals surface area contributed by atoms with Crippen molar-refractivity contribution in [2.24, 2.45) is 11.3 Å². The SMILES string of the molecule is COc1cc(C2c3cc4c(cc3OC3(O)CC(C)(C)CC(=O)C23)OCO4)cc(OC)c1OC. The molecule has 2 aromatic carbocycles. The van der Waals surface area contributed by atoms with Crippen molar-refractivity contribution in [3.8, 4) is 34.5 Å². The Balaban J connectivity index is 1.75.